The molecule has 0 bridgehead atoms. The van der Waals surface area contributed by atoms with Gasteiger partial charge in [0.15, 0.2) is 0 Å². The van der Waals surface area contributed by atoms with Gasteiger partial charge in [-0.25, -0.2) is 4.98 Å². The number of nitrogens with zero attached hydrogens (tertiary/aromatic N) is 5. The summed E-state index contributed by atoms with van der Waals surface area (Å²) < 4.78 is 7.60. The highest BCUT2D eigenvalue weighted by molar-refractivity contribution is 5.89. The van der Waals surface area contributed by atoms with Crippen LogP contribution in [0.1, 0.15) is 70.2 Å². The number of aryl methyl sites for hydroxylation is 1. The molecular weight excluding hydrogens is 474 g/mol. The second kappa shape index (κ2) is 11.2. The van der Waals surface area contributed by atoms with Crippen LogP contribution in [0.4, 0.5) is 5.69 Å². The van der Waals surface area contributed by atoms with Crippen molar-refractivity contribution in [2.24, 2.45) is 13.0 Å². The minimum atomic E-state index is -0.0624. The Bertz CT molecular complexity index is 1370. The van der Waals surface area contributed by atoms with Gasteiger partial charge in [-0.05, 0) is 61.9 Å². The molecule has 1 unspecified atom stereocenters. The van der Waals surface area contributed by atoms with E-state index in [2.05, 4.69) is 65.9 Å². The lowest BCUT2D eigenvalue weighted by Gasteiger charge is -2.49. The summed E-state index contributed by atoms with van der Waals surface area (Å²) in [5.41, 5.74) is 3.91. The number of hydrogen-bond donors (Lipinski definition) is 0. The van der Waals surface area contributed by atoms with Crippen molar-refractivity contribution in [1.82, 2.24) is 14.5 Å². The van der Waals surface area contributed by atoms with E-state index in [-0.39, 0.29) is 11.6 Å². The number of hydrogen-bond acceptors (Lipinski definition) is 6. The van der Waals surface area contributed by atoms with E-state index in [1.54, 1.807) is 23.7 Å². The van der Waals surface area contributed by atoms with Crippen LogP contribution >= 0.6 is 0 Å². The molecule has 0 amide bonds. The van der Waals surface area contributed by atoms with Crippen LogP contribution in [0.3, 0.4) is 0 Å². The highest BCUT2D eigenvalue weighted by atomic mass is 16.5. The van der Waals surface area contributed by atoms with Crippen molar-refractivity contribution in [3.8, 4) is 11.8 Å². The van der Waals surface area contributed by atoms with Gasteiger partial charge in [-0.15, -0.1) is 0 Å². The molecule has 1 saturated carbocycles. The molecule has 200 valence electrons. The van der Waals surface area contributed by atoms with Crippen LogP contribution in [0.15, 0.2) is 47.3 Å². The predicted molar refractivity (Wildman–Crippen MR) is 152 cm³/mol. The van der Waals surface area contributed by atoms with Crippen LogP contribution < -0.4 is 15.2 Å². The second-order valence-corrected chi connectivity index (χ2v) is 10.9. The first-order chi connectivity index (χ1) is 18.4. The van der Waals surface area contributed by atoms with Crippen molar-refractivity contribution in [3.63, 3.8) is 0 Å². The van der Waals surface area contributed by atoms with Crippen LogP contribution in [0, 0.1) is 17.2 Å². The fraction of sp³-hybridized carbons (Fsp3) is 0.516. The van der Waals surface area contributed by atoms with E-state index in [1.807, 2.05) is 6.07 Å². The lowest BCUT2D eigenvalue weighted by molar-refractivity contribution is 0.0943. The van der Waals surface area contributed by atoms with Crippen LogP contribution in [0.2, 0.25) is 0 Å². The molecule has 1 saturated heterocycles. The monoisotopic (exact) mass is 513 g/mol. The number of piperazine rings is 1. The molecule has 38 heavy (non-hydrogen) atoms. The molecule has 7 heteroatoms. The van der Waals surface area contributed by atoms with Gasteiger partial charge in [0, 0.05) is 44.3 Å². The summed E-state index contributed by atoms with van der Waals surface area (Å²) in [5.74, 6) is 1.84. The Morgan fingerprint density at radius 2 is 1.89 bits per heavy atom. The van der Waals surface area contributed by atoms with Crippen LogP contribution in [-0.2, 0) is 7.05 Å². The zero-order valence-corrected chi connectivity index (χ0v) is 23.1. The van der Waals surface area contributed by atoms with Crippen molar-refractivity contribution in [3.05, 3.63) is 64.1 Å². The number of nitriles is 1. The van der Waals surface area contributed by atoms with Gasteiger partial charge in [0.2, 0.25) is 0 Å². The van der Waals surface area contributed by atoms with Crippen molar-refractivity contribution < 1.29 is 4.74 Å². The highest BCUT2D eigenvalue weighted by Gasteiger charge is 2.36. The summed E-state index contributed by atoms with van der Waals surface area (Å²) in [6.07, 6.45) is 5.91. The third-order valence-electron chi connectivity index (χ3n) is 8.39. The molecule has 0 radical (unpaired) electrons. The molecule has 2 aromatic heterocycles. The van der Waals surface area contributed by atoms with Gasteiger partial charge in [-0.2, -0.15) is 5.26 Å². The average molecular weight is 514 g/mol. The lowest BCUT2D eigenvalue weighted by atomic mass is 9.95. The van der Waals surface area contributed by atoms with Gasteiger partial charge in [-0.1, -0.05) is 38.8 Å². The summed E-state index contributed by atoms with van der Waals surface area (Å²) in [4.78, 5) is 22.5. The summed E-state index contributed by atoms with van der Waals surface area (Å²) in [7, 11) is 1.76. The van der Waals surface area contributed by atoms with E-state index < -0.39 is 0 Å². The Labute approximate surface area is 225 Å². The summed E-state index contributed by atoms with van der Waals surface area (Å²) in [5, 5.41) is 9.46. The second-order valence-electron chi connectivity index (χ2n) is 10.9. The number of fused-ring (bicyclic) bond motifs is 1. The molecule has 0 spiro atoms. The lowest BCUT2D eigenvalue weighted by Crippen LogP contribution is -2.58. The number of benzene rings is 1. The quantitative estimate of drug-likeness (QED) is 0.380. The first-order valence-electron chi connectivity index (χ1n) is 14.1. The Hall–Kier alpha value is -3.37. The third kappa shape index (κ3) is 5.28. The Kier molecular flexibility index (Phi) is 7.71. The molecule has 5 rings (SSSR count). The van der Waals surface area contributed by atoms with E-state index in [9.17, 15) is 10.1 Å². The summed E-state index contributed by atoms with van der Waals surface area (Å²) >= 11 is 0. The maximum atomic E-state index is 12.9. The van der Waals surface area contributed by atoms with E-state index in [0.717, 1.165) is 61.8 Å². The fourth-order valence-corrected chi connectivity index (χ4v) is 5.94. The van der Waals surface area contributed by atoms with Crippen molar-refractivity contribution in [2.75, 3.05) is 24.6 Å². The minimum absolute atomic E-state index is 0.0624. The average Bonchev–Trinajstić information content (AvgIpc) is 3.76. The fourth-order valence-electron chi connectivity index (χ4n) is 5.94. The molecule has 1 aliphatic carbocycles. The Morgan fingerprint density at radius 3 is 2.55 bits per heavy atom. The number of anilines is 1. The van der Waals surface area contributed by atoms with Crippen LogP contribution in [-0.4, -0.2) is 46.2 Å². The molecule has 0 N–H and O–H groups in total. The largest absolute Gasteiger partial charge is 0.494 e. The molecule has 3 aromatic rings. The molecule has 3 atom stereocenters. The summed E-state index contributed by atoms with van der Waals surface area (Å²) in [6.45, 7) is 9.21. The Balaban J connectivity index is 1.38. The standard InChI is InChI=1S/C31H39N5O2/c1-5-25-20-35(29-17-30(37)34(4)28-14-11-24(18-32)33-31(28)29)21(3)19-36(25)27(6-2)23-9-12-26(13-10-23)38-16-15-22-7-8-22/h9-14,17,21-22,25,27H,5-8,15-16,19-20H2,1-4H3/t21-,25+,27?/m0/s1. The summed E-state index contributed by atoms with van der Waals surface area (Å²) in [6, 6.07) is 16.9. The van der Waals surface area contributed by atoms with Crippen LogP contribution in [0.5, 0.6) is 5.75 Å². The number of aromatic nitrogens is 2. The smallest absolute Gasteiger partial charge is 0.252 e. The van der Waals surface area contributed by atoms with E-state index >= 15 is 0 Å². The zero-order valence-electron chi connectivity index (χ0n) is 23.1. The van der Waals surface area contributed by atoms with E-state index in [4.69, 9.17) is 4.74 Å². The molecular formula is C31H39N5O2. The van der Waals surface area contributed by atoms with Crippen molar-refractivity contribution in [1.29, 1.82) is 5.26 Å². The van der Waals surface area contributed by atoms with Gasteiger partial charge in [-0.3, -0.25) is 9.69 Å². The number of ether oxygens (including phenoxy) is 1. The third-order valence-corrected chi connectivity index (χ3v) is 8.39. The first kappa shape index (κ1) is 26.2. The normalized spacial score (nSPS) is 20.9. The molecule has 7 nitrogen and oxygen atoms in total. The van der Waals surface area contributed by atoms with Crippen molar-refractivity contribution >= 4 is 16.7 Å². The zero-order chi connectivity index (χ0) is 26.8. The van der Waals surface area contributed by atoms with Gasteiger partial charge in [0.1, 0.15) is 23.0 Å². The molecule has 1 aliphatic heterocycles. The van der Waals surface area contributed by atoms with E-state index in [1.165, 1.54) is 18.4 Å². The van der Waals surface area contributed by atoms with Gasteiger partial charge >= 0.3 is 0 Å². The molecule has 2 aliphatic rings. The number of pyridine rings is 2. The molecule has 3 heterocycles. The van der Waals surface area contributed by atoms with Gasteiger partial charge in [0.25, 0.3) is 5.56 Å². The number of rotatable bonds is 9. The van der Waals surface area contributed by atoms with Crippen LogP contribution in [0.25, 0.3) is 11.0 Å². The van der Waals surface area contributed by atoms with Crippen molar-refractivity contribution in [2.45, 2.75) is 71.0 Å². The predicted octanol–water partition coefficient (Wildman–Crippen LogP) is 5.42. The minimum Gasteiger partial charge on any atom is -0.494 e. The van der Waals surface area contributed by atoms with E-state index in [0.29, 0.717) is 23.3 Å². The topological polar surface area (TPSA) is 74.4 Å². The SMILES string of the molecule is CCC(c1ccc(OCCC2CC2)cc1)N1C[C@H](C)N(c2cc(=O)n(C)c3ccc(C#N)nc23)C[C@H]1CC. The van der Waals surface area contributed by atoms with Gasteiger partial charge in [0.05, 0.1) is 17.8 Å². The molecule has 2 fully saturated rings. The Morgan fingerprint density at radius 1 is 1.13 bits per heavy atom. The highest BCUT2D eigenvalue weighted by Crippen LogP contribution is 2.36. The van der Waals surface area contributed by atoms with Gasteiger partial charge < -0.3 is 14.2 Å². The maximum Gasteiger partial charge on any atom is 0.252 e. The molecule has 1 aromatic carbocycles. The first-order valence-corrected chi connectivity index (χ1v) is 14.1. The maximum absolute atomic E-state index is 12.9.